The Hall–Kier alpha value is -0.980. The highest BCUT2D eigenvalue weighted by atomic mass is 14.5. The molecule has 0 atom stereocenters. The fraction of sp³-hybridized carbons (Fsp3) is 0.538. The van der Waals surface area contributed by atoms with Crippen LogP contribution in [0.5, 0.6) is 0 Å². The van der Waals surface area contributed by atoms with Gasteiger partial charge < -0.3 is 5.73 Å². The van der Waals surface area contributed by atoms with Gasteiger partial charge in [0.2, 0.25) is 0 Å². The highest BCUT2D eigenvalue weighted by Crippen LogP contribution is 1.95. The maximum Gasteiger partial charge on any atom is 0.0313 e. The summed E-state index contributed by atoms with van der Waals surface area (Å²) in [7, 11) is 0. The number of para-hydroxylation sites is 1. The largest absolute Gasteiger partial charge is 0.399 e. The van der Waals surface area contributed by atoms with E-state index in [1.54, 1.807) is 0 Å². The third-order valence-electron chi connectivity index (χ3n) is 0.800. The molecule has 1 heteroatoms. The quantitative estimate of drug-likeness (QED) is 0.597. The molecule has 0 spiro atoms. The van der Waals surface area contributed by atoms with Crippen LogP contribution in [0.1, 0.15) is 48.0 Å². The van der Waals surface area contributed by atoms with Crippen LogP contribution in [-0.2, 0) is 0 Å². The molecule has 1 rings (SSSR count). The predicted molar refractivity (Wildman–Crippen MR) is 69.5 cm³/mol. The highest BCUT2D eigenvalue weighted by Gasteiger charge is 1.72. The third kappa shape index (κ3) is 22.5. The Bertz CT molecular complexity index is 147. The fourth-order valence-electron chi connectivity index (χ4n) is 0.453. The topological polar surface area (TPSA) is 26.0 Å². The number of nitrogen functional groups attached to an aromatic ring is 1. The molecule has 0 amide bonds. The van der Waals surface area contributed by atoms with Gasteiger partial charge in [0.15, 0.2) is 0 Å². The first-order chi connectivity index (χ1) is 6.81. The van der Waals surface area contributed by atoms with Crippen LogP contribution in [-0.4, -0.2) is 0 Å². The van der Waals surface area contributed by atoms with E-state index in [-0.39, 0.29) is 0 Å². The second kappa shape index (κ2) is 22.7. The third-order valence-corrected chi connectivity index (χ3v) is 0.800. The first kappa shape index (κ1) is 18.7. The Morgan fingerprint density at radius 3 is 1.29 bits per heavy atom. The lowest BCUT2D eigenvalue weighted by atomic mass is 10.3. The van der Waals surface area contributed by atoms with Gasteiger partial charge >= 0.3 is 0 Å². The summed E-state index contributed by atoms with van der Waals surface area (Å²) < 4.78 is 0. The van der Waals surface area contributed by atoms with Crippen LogP contribution in [0.25, 0.3) is 0 Å². The molecule has 1 nitrogen and oxygen atoms in total. The molecule has 14 heavy (non-hydrogen) atoms. The molecular weight excluding hydrogens is 170 g/mol. The second-order valence-corrected chi connectivity index (χ2v) is 2.12. The van der Waals surface area contributed by atoms with E-state index in [1.165, 1.54) is 6.42 Å². The summed E-state index contributed by atoms with van der Waals surface area (Å²) in [5.41, 5.74) is 6.18. The molecule has 0 radical (unpaired) electrons. The van der Waals surface area contributed by atoms with Gasteiger partial charge in [-0.3, -0.25) is 0 Å². The van der Waals surface area contributed by atoms with E-state index in [9.17, 15) is 0 Å². The van der Waals surface area contributed by atoms with Crippen LogP contribution in [0, 0.1) is 0 Å². The van der Waals surface area contributed by atoms with Crippen LogP contribution < -0.4 is 5.73 Å². The lowest BCUT2D eigenvalue weighted by Gasteiger charge is -1.83. The second-order valence-electron chi connectivity index (χ2n) is 2.12. The van der Waals surface area contributed by atoms with E-state index < -0.39 is 0 Å². The standard InChI is InChI=1S/C6H7N.C3H8.2C2H6/c7-6-4-2-1-3-5-6;1-3-2;2*1-2/h1-5H,7H2;3H2,1-2H3;2*1-2H3. The van der Waals surface area contributed by atoms with E-state index in [4.69, 9.17) is 5.73 Å². The first-order valence-corrected chi connectivity index (χ1v) is 5.61. The van der Waals surface area contributed by atoms with Crippen LogP contribution in [0.4, 0.5) is 5.69 Å². The highest BCUT2D eigenvalue weighted by molar-refractivity contribution is 5.35. The van der Waals surface area contributed by atoms with Gasteiger partial charge in [-0.25, -0.2) is 0 Å². The maximum absolute atomic E-state index is 5.36. The van der Waals surface area contributed by atoms with Crippen molar-refractivity contribution in [3.8, 4) is 0 Å². The summed E-state index contributed by atoms with van der Waals surface area (Å²) >= 11 is 0. The van der Waals surface area contributed by atoms with E-state index in [0.717, 1.165) is 5.69 Å². The van der Waals surface area contributed by atoms with Gasteiger partial charge in [-0.15, -0.1) is 0 Å². The predicted octanol–water partition coefficient (Wildman–Crippen LogP) is 4.74. The number of anilines is 1. The number of hydrogen-bond donors (Lipinski definition) is 1. The van der Waals surface area contributed by atoms with Gasteiger partial charge in [0.05, 0.1) is 0 Å². The zero-order valence-corrected chi connectivity index (χ0v) is 10.7. The number of benzene rings is 1. The van der Waals surface area contributed by atoms with Crippen molar-refractivity contribution in [1.82, 2.24) is 0 Å². The Balaban J connectivity index is -0.000000148. The number of hydrogen-bond acceptors (Lipinski definition) is 1. The molecule has 0 aromatic heterocycles. The van der Waals surface area contributed by atoms with E-state index >= 15 is 0 Å². The van der Waals surface area contributed by atoms with Gasteiger partial charge in [0.25, 0.3) is 0 Å². The molecule has 2 N–H and O–H groups in total. The Kier molecular flexibility index (Phi) is 30.4. The summed E-state index contributed by atoms with van der Waals surface area (Å²) in [6.45, 7) is 12.2. The zero-order chi connectivity index (χ0) is 11.8. The van der Waals surface area contributed by atoms with Gasteiger partial charge in [0, 0.05) is 5.69 Å². The zero-order valence-electron chi connectivity index (χ0n) is 10.7. The minimum absolute atomic E-state index is 0.822. The molecule has 0 bridgehead atoms. The van der Waals surface area contributed by atoms with Crippen LogP contribution in [0.3, 0.4) is 0 Å². The average Bonchev–Trinajstić information content (AvgIpc) is 2.26. The van der Waals surface area contributed by atoms with Crippen molar-refractivity contribution in [3.05, 3.63) is 30.3 Å². The molecule has 0 aliphatic heterocycles. The molecule has 0 heterocycles. The molecular formula is C13H27N. The summed E-state index contributed by atoms with van der Waals surface area (Å²) in [4.78, 5) is 0. The van der Waals surface area contributed by atoms with Crippen molar-refractivity contribution >= 4 is 5.69 Å². The van der Waals surface area contributed by atoms with Crippen LogP contribution >= 0.6 is 0 Å². The average molecular weight is 197 g/mol. The minimum Gasteiger partial charge on any atom is -0.399 e. The van der Waals surface area contributed by atoms with Crippen molar-refractivity contribution in [2.24, 2.45) is 0 Å². The van der Waals surface area contributed by atoms with Crippen molar-refractivity contribution < 1.29 is 0 Å². The van der Waals surface area contributed by atoms with Crippen LogP contribution in [0.2, 0.25) is 0 Å². The van der Waals surface area contributed by atoms with E-state index in [0.29, 0.717) is 0 Å². The molecule has 0 aliphatic carbocycles. The lowest BCUT2D eigenvalue weighted by Crippen LogP contribution is -1.79. The minimum atomic E-state index is 0.822. The number of rotatable bonds is 0. The summed E-state index contributed by atoms with van der Waals surface area (Å²) in [6.07, 6.45) is 1.25. The van der Waals surface area contributed by atoms with Crippen molar-refractivity contribution in [2.75, 3.05) is 5.73 Å². The normalized spacial score (nSPS) is 6.43. The summed E-state index contributed by atoms with van der Waals surface area (Å²) in [5, 5.41) is 0. The van der Waals surface area contributed by atoms with Crippen molar-refractivity contribution in [1.29, 1.82) is 0 Å². The molecule has 0 saturated heterocycles. The van der Waals surface area contributed by atoms with Gasteiger partial charge in [-0.2, -0.15) is 0 Å². The summed E-state index contributed by atoms with van der Waals surface area (Å²) in [5.74, 6) is 0. The lowest BCUT2D eigenvalue weighted by molar-refractivity contribution is 1.09. The molecule has 0 fully saturated rings. The molecule has 0 aliphatic rings. The van der Waals surface area contributed by atoms with Crippen molar-refractivity contribution in [3.63, 3.8) is 0 Å². The van der Waals surface area contributed by atoms with E-state index in [1.807, 2.05) is 58.0 Å². The van der Waals surface area contributed by atoms with Gasteiger partial charge in [-0.1, -0.05) is 66.2 Å². The summed E-state index contributed by atoms with van der Waals surface area (Å²) in [6, 6.07) is 9.49. The number of nitrogens with two attached hydrogens (primary N) is 1. The molecule has 0 saturated carbocycles. The fourth-order valence-corrected chi connectivity index (χ4v) is 0.453. The molecule has 1 aromatic rings. The molecule has 1 aromatic carbocycles. The molecule has 84 valence electrons. The Labute approximate surface area is 90.3 Å². The van der Waals surface area contributed by atoms with Crippen LogP contribution in [0.15, 0.2) is 30.3 Å². The smallest absolute Gasteiger partial charge is 0.0313 e. The first-order valence-electron chi connectivity index (χ1n) is 5.61. The Morgan fingerprint density at radius 2 is 1.14 bits per heavy atom. The van der Waals surface area contributed by atoms with Crippen molar-refractivity contribution in [2.45, 2.75) is 48.0 Å². The Morgan fingerprint density at radius 1 is 0.857 bits per heavy atom. The SMILES string of the molecule is CC.CC.CCC.Nc1ccccc1. The monoisotopic (exact) mass is 197 g/mol. The maximum atomic E-state index is 5.36. The van der Waals surface area contributed by atoms with Gasteiger partial charge in [-0.05, 0) is 12.1 Å². The molecule has 0 unspecified atom stereocenters. The van der Waals surface area contributed by atoms with Gasteiger partial charge in [0.1, 0.15) is 0 Å². The van der Waals surface area contributed by atoms with E-state index in [2.05, 4.69) is 13.8 Å².